The first-order valence-electron chi connectivity index (χ1n) is 7.77. The molecule has 0 saturated heterocycles. The highest BCUT2D eigenvalue weighted by atomic mass is 32.1. The summed E-state index contributed by atoms with van der Waals surface area (Å²) < 4.78 is 0. The van der Waals surface area contributed by atoms with Gasteiger partial charge in [-0.2, -0.15) is 0 Å². The van der Waals surface area contributed by atoms with Crippen LogP contribution in [0.2, 0.25) is 0 Å². The maximum absolute atomic E-state index is 11.0. The third kappa shape index (κ3) is 9.82. The van der Waals surface area contributed by atoms with Crippen molar-refractivity contribution in [1.29, 1.82) is 0 Å². The number of nitrogens with one attached hydrogen (secondary N) is 2. The van der Waals surface area contributed by atoms with Gasteiger partial charge in [-0.3, -0.25) is 19.2 Å². The molecule has 0 unspecified atom stereocenters. The fourth-order valence-electron chi connectivity index (χ4n) is 1.77. The standard InChI is InChI=1S/C9H9NO4.C9H9NO3S/c11-7-3-1-6(2-4-7)10-8(12)5-9(13)14;11-8(5-9(12)13)10-6-1-3-7(14)4-2-6/h1-4,11H,5H2,(H,10,12)(H,13,14);1-4,14H,5H2,(H,10,11)(H,12,13). The second kappa shape index (κ2) is 11.2. The quantitative estimate of drug-likeness (QED) is 0.244. The highest BCUT2D eigenvalue weighted by Crippen LogP contribution is 2.14. The maximum atomic E-state index is 11.0. The number of hydrogen-bond acceptors (Lipinski definition) is 6. The van der Waals surface area contributed by atoms with Gasteiger partial charge in [-0.15, -0.1) is 12.6 Å². The lowest BCUT2D eigenvalue weighted by molar-refractivity contribution is -0.141. The number of carbonyl (C=O) groups excluding carboxylic acids is 2. The van der Waals surface area contributed by atoms with Gasteiger partial charge in [0.15, 0.2) is 0 Å². The molecule has 0 aliphatic carbocycles. The van der Waals surface area contributed by atoms with Crippen molar-refractivity contribution in [1.82, 2.24) is 0 Å². The predicted molar refractivity (Wildman–Crippen MR) is 104 cm³/mol. The maximum Gasteiger partial charge on any atom is 0.312 e. The molecule has 2 aromatic rings. The van der Waals surface area contributed by atoms with Crippen LogP contribution in [0, 0.1) is 0 Å². The topological polar surface area (TPSA) is 153 Å². The number of carbonyl (C=O) groups is 4. The molecule has 5 N–H and O–H groups in total. The molecule has 9 nitrogen and oxygen atoms in total. The fourth-order valence-corrected chi connectivity index (χ4v) is 1.92. The van der Waals surface area contributed by atoms with Crippen molar-refractivity contribution in [3.63, 3.8) is 0 Å². The van der Waals surface area contributed by atoms with Gasteiger partial charge in [0.25, 0.3) is 0 Å². The Morgan fingerprint density at radius 1 is 0.714 bits per heavy atom. The summed E-state index contributed by atoms with van der Waals surface area (Å²) in [5, 5.41) is 30.4. The molecule has 2 rings (SSSR count). The van der Waals surface area contributed by atoms with Crippen molar-refractivity contribution in [2.45, 2.75) is 17.7 Å². The Kier molecular flexibility index (Phi) is 9.04. The van der Waals surface area contributed by atoms with E-state index in [-0.39, 0.29) is 5.75 Å². The van der Waals surface area contributed by atoms with E-state index in [1.165, 1.54) is 24.3 Å². The molecule has 0 saturated carbocycles. The van der Waals surface area contributed by atoms with E-state index >= 15 is 0 Å². The van der Waals surface area contributed by atoms with Gasteiger partial charge in [-0.05, 0) is 48.5 Å². The largest absolute Gasteiger partial charge is 0.508 e. The third-order valence-corrected chi connectivity index (χ3v) is 3.22. The molecular weight excluding hydrogens is 388 g/mol. The predicted octanol–water partition coefficient (Wildman–Crippen LogP) is 2.19. The Bertz CT molecular complexity index is 765. The van der Waals surface area contributed by atoms with E-state index in [0.29, 0.717) is 11.4 Å². The SMILES string of the molecule is O=C(O)CC(=O)Nc1ccc(O)cc1.O=C(O)CC(=O)Nc1ccc(S)cc1. The van der Waals surface area contributed by atoms with Gasteiger partial charge in [0.2, 0.25) is 11.8 Å². The van der Waals surface area contributed by atoms with Crippen LogP contribution in [-0.2, 0) is 19.2 Å². The molecule has 0 fully saturated rings. The fraction of sp³-hybridized carbons (Fsp3) is 0.111. The number of carboxylic acid groups (broad SMARTS) is 2. The van der Waals surface area contributed by atoms with Crippen molar-refractivity contribution in [3.05, 3.63) is 48.5 Å². The highest BCUT2D eigenvalue weighted by molar-refractivity contribution is 7.80. The van der Waals surface area contributed by atoms with E-state index < -0.39 is 36.6 Å². The molecule has 0 aliphatic rings. The van der Waals surface area contributed by atoms with E-state index in [4.69, 9.17) is 15.3 Å². The molecule has 10 heteroatoms. The summed E-state index contributed by atoms with van der Waals surface area (Å²) in [6, 6.07) is 12.5. The Hall–Kier alpha value is -3.53. The summed E-state index contributed by atoms with van der Waals surface area (Å²) in [7, 11) is 0. The first kappa shape index (κ1) is 22.5. The molecule has 0 bridgehead atoms. The second-order valence-corrected chi connectivity index (χ2v) is 5.85. The lowest BCUT2D eigenvalue weighted by Crippen LogP contribution is -2.15. The Morgan fingerprint density at radius 3 is 1.43 bits per heavy atom. The number of aliphatic carboxylic acids is 2. The number of thiol groups is 1. The Balaban J connectivity index is 0.000000280. The van der Waals surface area contributed by atoms with Crippen LogP contribution in [-0.4, -0.2) is 39.1 Å². The summed E-state index contributed by atoms with van der Waals surface area (Å²) in [6.45, 7) is 0. The van der Waals surface area contributed by atoms with E-state index in [1.807, 2.05) is 0 Å². The summed E-state index contributed by atoms with van der Waals surface area (Å²) in [4.78, 5) is 43.1. The summed E-state index contributed by atoms with van der Waals surface area (Å²) in [6.07, 6.45) is -1.09. The van der Waals surface area contributed by atoms with Gasteiger partial charge in [0.1, 0.15) is 18.6 Å². The van der Waals surface area contributed by atoms with E-state index in [1.54, 1.807) is 24.3 Å². The highest BCUT2D eigenvalue weighted by Gasteiger charge is 2.07. The molecule has 0 radical (unpaired) electrons. The van der Waals surface area contributed by atoms with Gasteiger partial charge in [-0.1, -0.05) is 0 Å². The van der Waals surface area contributed by atoms with Crippen LogP contribution >= 0.6 is 12.6 Å². The molecule has 0 atom stereocenters. The van der Waals surface area contributed by atoms with E-state index in [2.05, 4.69) is 23.3 Å². The summed E-state index contributed by atoms with van der Waals surface area (Å²) in [5.41, 5.74) is 1.02. The molecule has 148 valence electrons. The number of phenols is 1. The number of benzene rings is 2. The molecule has 0 aromatic heterocycles. The van der Waals surface area contributed by atoms with Crippen molar-refractivity contribution >= 4 is 47.8 Å². The van der Waals surface area contributed by atoms with E-state index in [0.717, 1.165) is 4.90 Å². The van der Waals surface area contributed by atoms with Gasteiger partial charge in [0.05, 0.1) is 0 Å². The number of rotatable bonds is 6. The van der Waals surface area contributed by atoms with Crippen LogP contribution in [0.3, 0.4) is 0 Å². The third-order valence-electron chi connectivity index (χ3n) is 2.93. The van der Waals surface area contributed by atoms with E-state index in [9.17, 15) is 19.2 Å². The number of aromatic hydroxyl groups is 1. The Labute approximate surface area is 165 Å². The van der Waals surface area contributed by atoms with Crippen molar-refractivity contribution < 1.29 is 34.5 Å². The van der Waals surface area contributed by atoms with Gasteiger partial charge in [-0.25, -0.2) is 0 Å². The van der Waals surface area contributed by atoms with Gasteiger partial charge >= 0.3 is 11.9 Å². The van der Waals surface area contributed by atoms with Crippen LogP contribution in [0.1, 0.15) is 12.8 Å². The first-order valence-corrected chi connectivity index (χ1v) is 8.22. The zero-order valence-electron chi connectivity index (χ0n) is 14.5. The lowest BCUT2D eigenvalue weighted by Gasteiger charge is -2.02. The second-order valence-electron chi connectivity index (χ2n) is 5.33. The molecule has 0 heterocycles. The number of anilines is 2. The van der Waals surface area contributed by atoms with Gasteiger partial charge in [0, 0.05) is 16.3 Å². The minimum absolute atomic E-state index is 0.0845. The molecule has 28 heavy (non-hydrogen) atoms. The smallest absolute Gasteiger partial charge is 0.312 e. The van der Waals surface area contributed by atoms with Crippen LogP contribution in [0.15, 0.2) is 53.4 Å². The molecule has 0 aliphatic heterocycles. The van der Waals surface area contributed by atoms with Crippen LogP contribution in [0.5, 0.6) is 5.75 Å². The normalized spacial score (nSPS) is 9.46. The number of carboxylic acids is 2. The molecule has 2 aromatic carbocycles. The average molecular weight is 406 g/mol. The van der Waals surface area contributed by atoms with Crippen LogP contribution in [0.4, 0.5) is 11.4 Å². The van der Waals surface area contributed by atoms with Crippen LogP contribution in [0.25, 0.3) is 0 Å². The van der Waals surface area contributed by atoms with Crippen molar-refractivity contribution in [2.75, 3.05) is 10.6 Å². The first-order chi connectivity index (χ1) is 13.2. The number of hydrogen-bond donors (Lipinski definition) is 6. The molecular formula is C18H18N2O7S. The summed E-state index contributed by atoms with van der Waals surface area (Å²) in [5.74, 6) is -3.37. The lowest BCUT2D eigenvalue weighted by atomic mass is 10.3. The monoisotopic (exact) mass is 406 g/mol. The zero-order chi connectivity index (χ0) is 21.1. The minimum Gasteiger partial charge on any atom is -0.508 e. The number of amides is 2. The number of phenolic OH excluding ortho intramolecular Hbond substituents is 1. The van der Waals surface area contributed by atoms with Gasteiger partial charge < -0.3 is 26.0 Å². The minimum atomic E-state index is -1.18. The van der Waals surface area contributed by atoms with Crippen molar-refractivity contribution in [2.24, 2.45) is 0 Å². The zero-order valence-corrected chi connectivity index (χ0v) is 15.3. The molecule has 2 amide bonds. The molecule has 0 spiro atoms. The van der Waals surface area contributed by atoms with Crippen LogP contribution < -0.4 is 10.6 Å². The van der Waals surface area contributed by atoms with Crippen molar-refractivity contribution in [3.8, 4) is 5.75 Å². The Morgan fingerprint density at radius 2 is 1.07 bits per heavy atom. The summed E-state index contributed by atoms with van der Waals surface area (Å²) >= 11 is 4.07. The average Bonchev–Trinajstić information content (AvgIpc) is 2.58.